The smallest absolute Gasteiger partial charge is 0.238 e. The summed E-state index contributed by atoms with van der Waals surface area (Å²) in [5.74, 6) is 0.00283. The van der Waals surface area contributed by atoms with Crippen LogP contribution in [0.5, 0.6) is 0 Å². The number of aromatic nitrogens is 1. The molecule has 0 spiro atoms. The molecule has 1 heterocycles. The number of hydrogen-bond acceptors (Lipinski definition) is 4. The minimum absolute atomic E-state index is 0.0999. The molecule has 0 aliphatic rings. The number of rotatable bonds is 5. The van der Waals surface area contributed by atoms with Gasteiger partial charge in [-0.3, -0.25) is 0 Å². The van der Waals surface area contributed by atoms with Crippen molar-refractivity contribution < 1.29 is 17.2 Å². The molecule has 4 aromatic rings. The second kappa shape index (κ2) is 7.62. The van der Waals surface area contributed by atoms with E-state index >= 15 is 0 Å². The molecule has 0 radical (unpaired) electrons. The summed E-state index contributed by atoms with van der Waals surface area (Å²) in [6, 6.07) is 21.8. The quantitative estimate of drug-likeness (QED) is 0.531. The average molecular weight is 408 g/mol. The number of primary sulfonamides is 1. The molecule has 0 unspecified atom stereocenters. The number of nitrogens with zero attached hydrogens (tertiary/aromatic N) is 1. The molecule has 0 bridgehead atoms. The van der Waals surface area contributed by atoms with Gasteiger partial charge in [0.2, 0.25) is 10.0 Å². The van der Waals surface area contributed by atoms with Crippen molar-refractivity contribution in [3.05, 3.63) is 96.1 Å². The Balaban J connectivity index is 1.93. The van der Waals surface area contributed by atoms with Gasteiger partial charge in [-0.2, -0.15) is 0 Å². The third-order valence-corrected chi connectivity index (χ3v) is 5.41. The summed E-state index contributed by atoms with van der Waals surface area (Å²) in [6.45, 7) is 0. The van der Waals surface area contributed by atoms with Crippen LogP contribution in [0.2, 0.25) is 0 Å². The molecule has 0 fully saturated rings. The molecule has 1 aromatic heterocycles. The normalized spacial score (nSPS) is 11.5. The van der Waals surface area contributed by atoms with Crippen molar-refractivity contribution in [2.24, 2.45) is 5.14 Å². The van der Waals surface area contributed by atoms with Crippen LogP contribution in [-0.2, 0) is 16.4 Å². The van der Waals surface area contributed by atoms with Gasteiger partial charge < -0.3 is 4.42 Å². The lowest BCUT2D eigenvalue weighted by molar-refractivity contribution is 0.514. The fraction of sp³-hybridized carbons (Fsp3) is 0.0455. The fourth-order valence-corrected chi connectivity index (χ4v) is 3.87. The Kier molecular flexibility index (Phi) is 5.00. The first kappa shape index (κ1) is 19.0. The second-order valence-corrected chi connectivity index (χ2v) is 8.00. The Morgan fingerprint density at radius 2 is 1.48 bits per heavy atom. The Hall–Kier alpha value is -3.29. The van der Waals surface area contributed by atoms with Crippen molar-refractivity contribution in [2.45, 2.75) is 11.3 Å². The van der Waals surface area contributed by atoms with Gasteiger partial charge in [0.05, 0.1) is 10.5 Å². The van der Waals surface area contributed by atoms with Crippen molar-refractivity contribution in [3.8, 4) is 22.6 Å². The van der Waals surface area contributed by atoms with E-state index in [1.54, 1.807) is 36.4 Å². The Morgan fingerprint density at radius 3 is 2.17 bits per heavy atom. The van der Waals surface area contributed by atoms with Crippen molar-refractivity contribution in [1.82, 2.24) is 4.98 Å². The molecular formula is C22H17FN2O3S. The first-order valence-electron chi connectivity index (χ1n) is 8.84. The number of sulfonamides is 1. The molecule has 4 rings (SSSR count). The molecule has 0 aliphatic carbocycles. The number of nitrogens with two attached hydrogens (primary N) is 1. The van der Waals surface area contributed by atoms with Crippen LogP contribution in [0.3, 0.4) is 0 Å². The van der Waals surface area contributed by atoms with E-state index in [1.165, 1.54) is 12.1 Å². The maximum Gasteiger partial charge on any atom is 0.238 e. The molecule has 0 atom stereocenters. The largest absolute Gasteiger partial charge is 0.440 e. The van der Waals surface area contributed by atoms with Crippen LogP contribution < -0.4 is 5.14 Å². The highest BCUT2D eigenvalue weighted by Crippen LogP contribution is 2.37. The van der Waals surface area contributed by atoms with Gasteiger partial charge in [-0.1, -0.05) is 60.7 Å². The molecule has 0 saturated heterocycles. The lowest BCUT2D eigenvalue weighted by Crippen LogP contribution is -2.13. The minimum atomic E-state index is -4.02. The van der Waals surface area contributed by atoms with Crippen LogP contribution >= 0.6 is 0 Å². The number of oxazole rings is 1. The molecule has 0 saturated carbocycles. The van der Waals surface area contributed by atoms with Crippen molar-refractivity contribution >= 4 is 10.0 Å². The van der Waals surface area contributed by atoms with E-state index in [0.29, 0.717) is 12.3 Å². The van der Waals surface area contributed by atoms with Gasteiger partial charge in [0.25, 0.3) is 0 Å². The van der Waals surface area contributed by atoms with Crippen LogP contribution in [0, 0.1) is 5.82 Å². The van der Waals surface area contributed by atoms with Gasteiger partial charge in [-0.25, -0.2) is 22.9 Å². The van der Waals surface area contributed by atoms with E-state index < -0.39 is 15.8 Å². The first-order chi connectivity index (χ1) is 13.9. The minimum Gasteiger partial charge on any atom is -0.440 e. The van der Waals surface area contributed by atoms with E-state index in [-0.39, 0.29) is 27.5 Å². The highest BCUT2D eigenvalue weighted by atomic mass is 32.2. The predicted octanol–water partition coefficient (Wildman–Crippen LogP) is 4.39. The summed E-state index contributed by atoms with van der Waals surface area (Å²) in [4.78, 5) is 4.41. The van der Waals surface area contributed by atoms with Crippen molar-refractivity contribution in [1.29, 1.82) is 0 Å². The topological polar surface area (TPSA) is 86.2 Å². The van der Waals surface area contributed by atoms with Crippen LogP contribution in [0.15, 0.2) is 88.2 Å². The Labute approximate surface area is 167 Å². The molecule has 146 valence electrons. The summed E-state index contributed by atoms with van der Waals surface area (Å²) >= 11 is 0. The second-order valence-electron chi connectivity index (χ2n) is 6.47. The van der Waals surface area contributed by atoms with E-state index in [1.807, 2.05) is 30.3 Å². The summed E-state index contributed by atoms with van der Waals surface area (Å²) in [6.07, 6.45) is 0.375. The maximum atomic E-state index is 14.5. The molecule has 7 heteroatoms. The van der Waals surface area contributed by atoms with Gasteiger partial charge in [0, 0.05) is 12.0 Å². The molecule has 3 aromatic carbocycles. The lowest BCUT2D eigenvalue weighted by Gasteiger charge is -2.07. The van der Waals surface area contributed by atoms with E-state index in [9.17, 15) is 12.8 Å². The van der Waals surface area contributed by atoms with Crippen LogP contribution in [0.1, 0.15) is 11.5 Å². The Morgan fingerprint density at radius 1 is 0.862 bits per heavy atom. The molecule has 0 amide bonds. The standard InChI is InChI=1S/C22H17FN2O3S/c23-18-12-6-4-10-16(18)22-21(17-11-5-7-13-19(17)29(24,26)27)25-20(28-22)14-15-8-2-1-3-9-15/h1-13H,14H2,(H2,24,26,27). The van der Waals surface area contributed by atoms with Gasteiger partial charge in [0.1, 0.15) is 11.5 Å². The summed E-state index contributed by atoms with van der Waals surface area (Å²) < 4.78 is 44.6. The van der Waals surface area contributed by atoms with E-state index in [0.717, 1.165) is 5.56 Å². The van der Waals surface area contributed by atoms with E-state index in [2.05, 4.69) is 4.98 Å². The van der Waals surface area contributed by atoms with Gasteiger partial charge >= 0.3 is 0 Å². The summed E-state index contributed by atoms with van der Waals surface area (Å²) in [5, 5.41) is 5.38. The fourth-order valence-electron chi connectivity index (χ4n) is 3.13. The van der Waals surface area contributed by atoms with Gasteiger partial charge in [-0.05, 0) is 23.8 Å². The zero-order valence-electron chi connectivity index (χ0n) is 15.2. The lowest BCUT2D eigenvalue weighted by atomic mass is 10.1. The average Bonchev–Trinajstić information content (AvgIpc) is 3.12. The third-order valence-electron chi connectivity index (χ3n) is 4.44. The molecular weight excluding hydrogens is 391 g/mol. The Bertz CT molecular complexity index is 1270. The summed E-state index contributed by atoms with van der Waals surface area (Å²) in [5.41, 5.74) is 1.64. The van der Waals surface area contributed by atoms with Crippen molar-refractivity contribution in [3.63, 3.8) is 0 Å². The zero-order valence-corrected chi connectivity index (χ0v) is 16.1. The SMILES string of the molecule is NS(=O)(=O)c1ccccc1-c1nc(Cc2ccccc2)oc1-c1ccccc1F. The third kappa shape index (κ3) is 3.96. The zero-order chi connectivity index (χ0) is 20.4. The van der Waals surface area contributed by atoms with Gasteiger partial charge in [0.15, 0.2) is 11.7 Å². The molecule has 0 aliphatic heterocycles. The molecule has 2 N–H and O–H groups in total. The van der Waals surface area contributed by atoms with Crippen LogP contribution in [0.4, 0.5) is 4.39 Å². The number of hydrogen-bond donors (Lipinski definition) is 1. The van der Waals surface area contributed by atoms with Crippen molar-refractivity contribution in [2.75, 3.05) is 0 Å². The van der Waals surface area contributed by atoms with Crippen LogP contribution in [-0.4, -0.2) is 13.4 Å². The number of benzene rings is 3. The summed E-state index contributed by atoms with van der Waals surface area (Å²) in [7, 11) is -4.02. The van der Waals surface area contributed by atoms with E-state index in [4.69, 9.17) is 9.56 Å². The highest BCUT2D eigenvalue weighted by Gasteiger charge is 2.24. The first-order valence-corrected chi connectivity index (χ1v) is 10.4. The number of halogens is 1. The predicted molar refractivity (Wildman–Crippen MR) is 108 cm³/mol. The molecule has 5 nitrogen and oxygen atoms in total. The maximum absolute atomic E-state index is 14.5. The van der Waals surface area contributed by atoms with Gasteiger partial charge in [-0.15, -0.1) is 0 Å². The van der Waals surface area contributed by atoms with Crippen LogP contribution in [0.25, 0.3) is 22.6 Å². The highest BCUT2D eigenvalue weighted by molar-refractivity contribution is 7.89. The molecule has 29 heavy (non-hydrogen) atoms. The monoisotopic (exact) mass is 408 g/mol.